The Morgan fingerprint density at radius 1 is 1.54 bits per heavy atom. The molecule has 0 aromatic carbocycles. The molecule has 0 aromatic heterocycles. The molecule has 0 saturated carbocycles. The molecule has 1 saturated heterocycles. The van der Waals surface area contributed by atoms with Crippen LogP contribution < -0.4 is 0 Å². The van der Waals surface area contributed by atoms with Gasteiger partial charge in [0, 0.05) is 13.5 Å². The number of carbonyl (C=O) groups is 1. The van der Waals surface area contributed by atoms with Crippen molar-refractivity contribution in [2.24, 2.45) is 0 Å². The molecule has 0 aromatic rings. The summed E-state index contributed by atoms with van der Waals surface area (Å²) in [4.78, 5) is 11.3. The van der Waals surface area contributed by atoms with Crippen molar-refractivity contribution >= 4 is 5.78 Å². The molecule has 1 aliphatic rings. The van der Waals surface area contributed by atoms with Crippen LogP contribution in [0.3, 0.4) is 0 Å². The summed E-state index contributed by atoms with van der Waals surface area (Å²) in [7, 11) is 1.54. The molecule has 4 nitrogen and oxygen atoms in total. The molecule has 0 bridgehead atoms. The number of methoxy groups -OCH3 is 1. The topological polar surface area (TPSA) is 44.8 Å². The predicted molar refractivity (Wildman–Crippen MR) is 46.2 cm³/mol. The maximum Gasteiger partial charge on any atom is 0.220 e. The summed E-state index contributed by atoms with van der Waals surface area (Å²) in [5, 5.41) is 0. The van der Waals surface area contributed by atoms with Gasteiger partial charge in [0.1, 0.15) is 0 Å². The number of rotatable bonds is 3. The van der Waals surface area contributed by atoms with Crippen molar-refractivity contribution in [2.45, 2.75) is 38.8 Å². The Kier molecular flexibility index (Phi) is 3.41. The van der Waals surface area contributed by atoms with E-state index in [1.165, 1.54) is 7.11 Å². The van der Waals surface area contributed by atoms with Gasteiger partial charge in [-0.15, -0.1) is 0 Å². The van der Waals surface area contributed by atoms with E-state index in [1.807, 2.05) is 0 Å². The third kappa shape index (κ3) is 3.06. The van der Waals surface area contributed by atoms with Crippen LogP contribution >= 0.6 is 0 Å². The Morgan fingerprint density at radius 2 is 2.23 bits per heavy atom. The molecule has 0 spiro atoms. The third-order valence-corrected chi connectivity index (χ3v) is 1.98. The predicted octanol–water partition coefficient (Wildman–Crippen LogP) is 1.09. The minimum Gasteiger partial charge on any atom is -0.354 e. The van der Waals surface area contributed by atoms with E-state index >= 15 is 0 Å². The molecule has 0 radical (unpaired) electrons. The number of ether oxygens (including phenoxy) is 3. The van der Waals surface area contributed by atoms with Gasteiger partial charge in [-0.1, -0.05) is 0 Å². The minimum atomic E-state index is -0.766. The first-order valence-corrected chi connectivity index (χ1v) is 4.42. The second-order valence-corrected chi connectivity index (χ2v) is 3.49. The highest BCUT2D eigenvalue weighted by atomic mass is 16.8. The smallest absolute Gasteiger partial charge is 0.220 e. The lowest BCUT2D eigenvalue weighted by molar-refractivity contribution is -0.280. The standard InChI is InChI=1S/C9H16O4/c1-9(2,11-3)13-8-7(10)5-4-6-12-8/h8H,4-6H2,1-3H3/t8-/m0/s1. The van der Waals surface area contributed by atoms with Gasteiger partial charge in [-0.05, 0) is 20.3 Å². The van der Waals surface area contributed by atoms with Gasteiger partial charge in [-0.2, -0.15) is 0 Å². The van der Waals surface area contributed by atoms with Crippen molar-refractivity contribution in [3.63, 3.8) is 0 Å². The molecule has 4 heteroatoms. The van der Waals surface area contributed by atoms with Crippen LogP contribution in [0.25, 0.3) is 0 Å². The Labute approximate surface area is 78.2 Å². The fraction of sp³-hybridized carbons (Fsp3) is 0.889. The number of carbonyl (C=O) groups excluding carboxylic acids is 1. The second-order valence-electron chi connectivity index (χ2n) is 3.49. The van der Waals surface area contributed by atoms with Crippen molar-refractivity contribution in [1.82, 2.24) is 0 Å². The first kappa shape index (κ1) is 10.6. The second kappa shape index (κ2) is 4.17. The fourth-order valence-corrected chi connectivity index (χ4v) is 1.05. The number of ketones is 1. The molecule has 0 unspecified atom stereocenters. The van der Waals surface area contributed by atoms with E-state index in [2.05, 4.69) is 0 Å². The van der Waals surface area contributed by atoms with Crippen molar-refractivity contribution in [3.8, 4) is 0 Å². The quantitative estimate of drug-likeness (QED) is 0.622. The zero-order valence-corrected chi connectivity index (χ0v) is 8.33. The van der Waals surface area contributed by atoms with Gasteiger partial charge < -0.3 is 14.2 Å². The summed E-state index contributed by atoms with van der Waals surface area (Å²) in [6.45, 7) is 4.08. The molecule has 76 valence electrons. The summed E-state index contributed by atoms with van der Waals surface area (Å²) in [6, 6.07) is 0. The minimum absolute atomic E-state index is 0.00336. The number of hydrogen-bond donors (Lipinski definition) is 0. The highest BCUT2D eigenvalue weighted by molar-refractivity contribution is 5.82. The molecular formula is C9H16O4. The van der Waals surface area contributed by atoms with Gasteiger partial charge in [0.2, 0.25) is 6.29 Å². The molecule has 1 aliphatic heterocycles. The van der Waals surface area contributed by atoms with E-state index in [-0.39, 0.29) is 5.78 Å². The van der Waals surface area contributed by atoms with Crippen molar-refractivity contribution < 1.29 is 19.0 Å². The molecule has 1 atom stereocenters. The average molecular weight is 188 g/mol. The molecule has 1 rings (SSSR count). The van der Waals surface area contributed by atoms with E-state index in [9.17, 15) is 4.79 Å². The van der Waals surface area contributed by atoms with Crippen LogP contribution in [0.2, 0.25) is 0 Å². The van der Waals surface area contributed by atoms with Crippen LogP contribution in [0.5, 0.6) is 0 Å². The van der Waals surface area contributed by atoms with Crippen LogP contribution in [0.4, 0.5) is 0 Å². The molecule has 0 aliphatic carbocycles. The van der Waals surface area contributed by atoms with Gasteiger partial charge in [0.15, 0.2) is 11.6 Å². The Bertz CT molecular complexity index is 188. The Morgan fingerprint density at radius 3 is 2.77 bits per heavy atom. The maximum atomic E-state index is 11.3. The van der Waals surface area contributed by atoms with Gasteiger partial charge in [0.05, 0.1) is 6.61 Å². The molecule has 1 fully saturated rings. The highest BCUT2D eigenvalue weighted by Gasteiger charge is 2.30. The highest BCUT2D eigenvalue weighted by Crippen LogP contribution is 2.18. The van der Waals surface area contributed by atoms with E-state index < -0.39 is 12.1 Å². The largest absolute Gasteiger partial charge is 0.354 e. The molecule has 13 heavy (non-hydrogen) atoms. The Hall–Kier alpha value is -0.450. The van der Waals surface area contributed by atoms with Gasteiger partial charge in [-0.3, -0.25) is 4.79 Å². The van der Waals surface area contributed by atoms with E-state index in [0.29, 0.717) is 13.0 Å². The normalized spacial score (nSPS) is 24.8. The SMILES string of the molecule is COC(C)(C)O[C@@H]1OCCCC1=O. The van der Waals surface area contributed by atoms with Crippen molar-refractivity contribution in [3.05, 3.63) is 0 Å². The van der Waals surface area contributed by atoms with E-state index in [1.54, 1.807) is 13.8 Å². The maximum absolute atomic E-state index is 11.3. The first-order chi connectivity index (χ1) is 6.05. The lowest BCUT2D eigenvalue weighted by atomic mass is 10.2. The summed E-state index contributed by atoms with van der Waals surface area (Å²) in [6.07, 6.45) is 0.569. The monoisotopic (exact) mass is 188 g/mol. The third-order valence-electron chi connectivity index (χ3n) is 1.98. The number of Topliss-reactive ketones (excluding diaryl/α,β-unsaturated/α-hetero) is 1. The lowest BCUT2D eigenvalue weighted by Gasteiger charge is -2.30. The van der Waals surface area contributed by atoms with Crippen LogP contribution in [0.1, 0.15) is 26.7 Å². The van der Waals surface area contributed by atoms with E-state index in [0.717, 1.165) is 6.42 Å². The van der Waals surface area contributed by atoms with Crippen LogP contribution in [-0.2, 0) is 19.0 Å². The Balaban J connectivity index is 2.47. The van der Waals surface area contributed by atoms with Gasteiger partial charge in [-0.25, -0.2) is 0 Å². The number of hydrogen-bond acceptors (Lipinski definition) is 4. The summed E-state index contributed by atoms with van der Waals surface area (Å²) >= 11 is 0. The molecule has 1 heterocycles. The van der Waals surface area contributed by atoms with Gasteiger partial charge >= 0.3 is 0 Å². The molecule has 0 N–H and O–H groups in total. The fourth-order valence-electron chi connectivity index (χ4n) is 1.05. The summed E-state index contributed by atoms with van der Waals surface area (Å²) < 4.78 is 15.6. The zero-order chi connectivity index (χ0) is 9.90. The molecular weight excluding hydrogens is 172 g/mol. The molecule has 0 amide bonds. The van der Waals surface area contributed by atoms with Crippen LogP contribution in [0.15, 0.2) is 0 Å². The summed E-state index contributed by atoms with van der Waals surface area (Å²) in [5.74, 6) is -0.770. The first-order valence-electron chi connectivity index (χ1n) is 4.42. The van der Waals surface area contributed by atoms with Crippen molar-refractivity contribution in [2.75, 3.05) is 13.7 Å². The average Bonchev–Trinajstić information content (AvgIpc) is 2.09. The van der Waals surface area contributed by atoms with E-state index in [4.69, 9.17) is 14.2 Å². The zero-order valence-electron chi connectivity index (χ0n) is 8.33. The van der Waals surface area contributed by atoms with Gasteiger partial charge in [0.25, 0.3) is 0 Å². The van der Waals surface area contributed by atoms with Crippen LogP contribution in [0, 0.1) is 0 Å². The van der Waals surface area contributed by atoms with Crippen LogP contribution in [-0.4, -0.2) is 31.6 Å². The summed E-state index contributed by atoms with van der Waals surface area (Å²) in [5.41, 5.74) is 0. The van der Waals surface area contributed by atoms with Crippen molar-refractivity contribution in [1.29, 1.82) is 0 Å². The lowest BCUT2D eigenvalue weighted by Crippen LogP contribution is -2.40.